The molecule has 1 aliphatic carbocycles. The summed E-state index contributed by atoms with van der Waals surface area (Å²) < 4.78 is 5.62. The highest BCUT2D eigenvalue weighted by Gasteiger charge is 2.35. The van der Waals surface area contributed by atoms with Crippen molar-refractivity contribution in [1.29, 1.82) is 0 Å². The molecule has 4 aliphatic rings. The molecule has 0 radical (unpaired) electrons. The zero-order valence-electron chi connectivity index (χ0n) is 24.2. The van der Waals surface area contributed by atoms with Gasteiger partial charge in [0.1, 0.15) is 23.5 Å². The highest BCUT2D eigenvalue weighted by Crippen LogP contribution is 2.42. The Labute approximate surface area is 246 Å². The van der Waals surface area contributed by atoms with E-state index in [1.165, 1.54) is 5.69 Å². The minimum absolute atomic E-state index is 0.104. The van der Waals surface area contributed by atoms with Gasteiger partial charge in [-0.05, 0) is 49.6 Å². The maximum Gasteiger partial charge on any atom is 0.228 e. The van der Waals surface area contributed by atoms with Crippen molar-refractivity contribution in [3.63, 3.8) is 0 Å². The number of aliphatic imine (C=N–C) groups is 1. The maximum absolute atomic E-state index is 13.3. The number of rotatable bonds is 7. The number of nitrogens with zero attached hydrogens (tertiary/aromatic N) is 7. The van der Waals surface area contributed by atoms with Crippen molar-refractivity contribution in [3.8, 4) is 17.1 Å². The summed E-state index contributed by atoms with van der Waals surface area (Å²) in [5.41, 5.74) is 7.21. The second-order valence-electron chi connectivity index (χ2n) is 11.5. The van der Waals surface area contributed by atoms with E-state index >= 15 is 0 Å². The first-order valence-corrected chi connectivity index (χ1v) is 14.8. The molecule has 2 fully saturated rings. The number of ether oxygens (including phenoxy) is 1. The van der Waals surface area contributed by atoms with E-state index in [1.54, 1.807) is 13.4 Å². The number of amidine groups is 1. The Morgan fingerprint density at radius 1 is 1.00 bits per heavy atom. The summed E-state index contributed by atoms with van der Waals surface area (Å²) in [7, 11) is 3.79. The summed E-state index contributed by atoms with van der Waals surface area (Å²) in [5.74, 6) is 2.52. The Kier molecular flexibility index (Phi) is 7.07. The van der Waals surface area contributed by atoms with Crippen LogP contribution in [0.3, 0.4) is 0 Å². The van der Waals surface area contributed by atoms with Gasteiger partial charge < -0.3 is 19.9 Å². The van der Waals surface area contributed by atoms with E-state index in [1.807, 2.05) is 17.2 Å². The lowest BCUT2D eigenvalue weighted by Crippen LogP contribution is -2.45. The molecule has 0 atom stereocenters. The average molecular weight is 565 g/mol. The Morgan fingerprint density at radius 3 is 2.57 bits per heavy atom. The van der Waals surface area contributed by atoms with Gasteiger partial charge in [0.15, 0.2) is 0 Å². The zero-order chi connectivity index (χ0) is 28.6. The summed E-state index contributed by atoms with van der Waals surface area (Å²) >= 11 is 0. The summed E-state index contributed by atoms with van der Waals surface area (Å²) in [4.78, 5) is 38.5. The first-order valence-electron chi connectivity index (χ1n) is 14.8. The SMILES string of the molecule is COc1ncnc(C2CC2)c1C1=NCC2=C(N1)N(Cc1ccc(-c3ncccc3N3CCN(C)CC3)cc1)C(=O)CC2. The predicted octanol–water partition coefficient (Wildman–Crippen LogP) is 3.56. The van der Waals surface area contributed by atoms with Crippen LogP contribution in [0.25, 0.3) is 11.3 Å². The third-order valence-electron chi connectivity index (χ3n) is 8.65. The van der Waals surface area contributed by atoms with Gasteiger partial charge in [-0.1, -0.05) is 24.3 Å². The second kappa shape index (κ2) is 11.2. The quantitative estimate of drug-likeness (QED) is 0.465. The van der Waals surface area contributed by atoms with Crippen LogP contribution in [0.2, 0.25) is 0 Å². The number of piperazine rings is 1. The molecule has 1 saturated heterocycles. The number of aromatic nitrogens is 3. The third kappa shape index (κ3) is 5.11. The van der Waals surface area contributed by atoms with E-state index < -0.39 is 0 Å². The van der Waals surface area contributed by atoms with Gasteiger partial charge in [-0.2, -0.15) is 0 Å². The lowest BCUT2D eigenvalue weighted by Gasteiger charge is -2.35. The first-order chi connectivity index (χ1) is 20.6. The maximum atomic E-state index is 13.3. The number of nitrogens with one attached hydrogen (secondary N) is 1. The van der Waals surface area contributed by atoms with Gasteiger partial charge in [-0.3, -0.25) is 19.7 Å². The molecular weight excluding hydrogens is 528 g/mol. The van der Waals surface area contributed by atoms with Gasteiger partial charge in [0.2, 0.25) is 11.8 Å². The van der Waals surface area contributed by atoms with Crippen LogP contribution in [-0.4, -0.2) is 83.4 Å². The van der Waals surface area contributed by atoms with E-state index in [-0.39, 0.29) is 5.91 Å². The largest absolute Gasteiger partial charge is 0.480 e. The number of pyridine rings is 1. The number of anilines is 1. The van der Waals surface area contributed by atoms with E-state index in [0.717, 1.165) is 78.5 Å². The number of hydrogen-bond acceptors (Lipinski definition) is 9. The number of hydrogen-bond donors (Lipinski definition) is 1. The molecule has 0 unspecified atom stereocenters. The second-order valence-corrected chi connectivity index (χ2v) is 11.5. The fourth-order valence-electron chi connectivity index (χ4n) is 6.07. The average Bonchev–Trinajstić information content (AvgIpc) is 3.88. The van der Waals surface area contributed by atoms with Crippen LogP contribution in [-0.2, 0) is 11.3 Å². The van der Waals surface area contributed by atoms with Gasteiger partial charge in [0.25, 0.3) is 0 Å². The van der Waals surface area contributed by atoms with Gasteiger partial charge in [0, 0.05) is 50.3 Å². The first kappa shape index (κ1) is 26.6. The van der Waals surface area contributed by atoms with Crippen molar-refractivity contribution in [2.75, 3.05) is 51.8 Å². The molecule has 10 nitrogen and oxygen atoms in total. The van der Waals surface area contributed by atoms with Crippen LogP contribution in [0, 0.1) is 0 Å². The molecule has 1 amide bonds. The Balaban J connectivity index is 1.12. The lowest BCUT2D eigenvalue weighted by molar-refractivity contribution is -0.130. The van der Waals surface area contributed by atoms with Gasteiger partial charge in [-0.25, -0.2) is 9.97 Å². The molecule has 1 aromatic carbocycles. The minimum Gasteiger partial charge on any atom is -0.480 e. The van der Waals surface area contributed by atoms with Crippen molar-refractivity contribution in [2.45, 2.75) is 38.1 Å². The molecule has 5 heterocycles. The van der Waals surface area contributed by atoms with Crippen LogP contribution in [0.5, 0.6) is 5.88 Å². The molecule has 1 saturated carbocycles. The molecule has 7 rings (SSSR count). The van der Waals surface area contributed by atoms with Crippen LogP contribution < -0.4 is 15.0 Å². The Bertz CT molecular complexity index is 1550. The van der Waals surface area contributed by atoms with E-state index in [9.17, 15) is 4.79 Å². The molecule has 1 N–H and O–H groups in total. The Morgan fingerprint density at radius 2 is 1.81 bits per heavy atom. The highest BCUT2D eigenvalue weighted by atomic mass is 16.5. The number of methoxy groups -OCH3 is 1. The van der Waals surface area contributed by atoms with E-state index in [4.69, 9.17) is 14.7 Å². The third-order valence-corrected chi connectivity index (χ3v) is 8.65. The van der Waals surface area contributed by atoms with E-state index in [2.05, 4.69) is 62.5 Å². The lowest BCUT2D eigenvalue weighted by atomic mass is 10.0. The standard InChI is InChI=1S/C32H36N8O2/c1-38-14-16-39(17-15-38)25-4-3-13-33-28(25)22-7-5-21(6-8-22)19-40-26(41)12-11-24-18-34-30(37-31(24)40)27-29(23-9-10-23)35-20-36-32(27)42-2/h3-8,13,20,23H,9-12,14-19H2,1-2H3,(H,34,37). The van der Waals surface area contributed by atoms with Crippen LogP contribution in [0.4, 0.5) is 5.69 Å². The summed E-state index contributed by atoms with van der Waals surface area (Å²) in [5, 5.41) is 3.51. The van der Waals surface area contributed by atoms with Crippen molar-refractivity contribution < 1.29 is 9.53 Å². The molecule has 3 aromatic rings. The normalized spacial score (nSPS) is 19.4. The highest BCUT2D eigenvalue weighted by molar-refractivity contribution is 6.04. The van der Waals surface area contributed by atoms with E-state index in [0.29, 0.717) is 43.6 Å². The fourth-order valence-corrected chi connectivity index (χ4v) is 6.07. The number of carbonyl (C=O) groups is 1. The Hall–Kier alpha value is -4.31. The fraction of sp³-hybridized carbons (Fsp3) is 0.406. The van der Waals surface area contributed by atoms with Crippen LogP contribution in [0.15, 0.2) is 65.3 Å². The predicted molar refractivity (Wildman–Crippen MR) is 161 cm³/mol. The molecule has 0 spiro atoms. The van der Waals surface area contributed by atoms with Gasteiger partial charge in [0.05, 0.1) is 37.3 Å². The number of benzene rings is 1. The molecule has 42 heavy (non-hydrogen) atoms. The van der Waals surface area contributed by atoms with Crippen molar-refractivity contribution in [1.82, 2.24) is 30.1 Å². The summed E-state index contributed by atoms with van der Waals surface area (Å²) in [6.07, 6.45) is 6.81. The van der Waals surface area contributed by atoms with Crippen LogP contribution in [0.1, 0.15) is 48.4 Å². The smallest absolute Gasteiger partial charge is 0.228 e. The monoisotopic (exact) mass is 564 g/mol. The number of carbonyl (C=O) groups excluding carboxylic acids is 1. The molecule has 0 bridgehead atoms. The van der Waals surface area contributed by atoms with Crippen molar-refractivity contribution in [2.24, 2.45) is 4.99 Å². The molecular formula is C32H36N8O2. The van der Waals surface area contributed by atoms with Crippen molar-refractivity contribution >= 4 is 17.4 Å². The molecule has 3 aliphatic heterocycles. The summed E-state index contributed by atoms with van der Waals surface area (Å²) in [6.45, 7) is 5.08. The van der Waals surface area contributed by atoms with Crippen LogP contribution >= 0.6 is 0 Å². The van der Waals surface area contributed by atoms with Gasteiger partial charge >= 0.3 is 0 Å². The molecule has 216 valence electrons. The van der Waals surface area contributed by atoms with Crippen molar-refractivity contribution in [3.05, 3.63) is 77.1 Å². The molecule has 2 aromatic heterocycles. The molecule has 10 heteroatoms. The topological polar surface area (TPSA) is 99.1 Å². The number of likely N-dealkylation sites (N-methyl/N-ethyl adjacent to an activating group) is 1. The minimum atomic E-state index is 0.104. The number of amides is 1. The summed E-state index contributed by atoms with van der Waals surface area (Å²) in [6, 6.07) is 12.6. The van der Waals surface area contributed by atoms with Gasteiger partial charge in [-0.15, -0.1) is 0 Å². The zero-order valence-corrected chi connectivity index (χ0v) is 24.2.